The zero-order valence-electron chi connectivity index (χ0n) is 20.8. The standard InChI is InChI=1S/C31H27N3O3/c1-21(35)32-26-15-16-29-28(19-26)31(36)34(30(33-29)17-22-7-4-3-5-8-22)20-23-11-13-24(14-12-23)25-9-6-10-27(18-25)37-2/h3-16,18-19H,17,20H2,1-2H3,(H,32,35). The number of fused-ring (bicyclic) bond motifs is 1. The van der Waals surface area contributed by atoms with Gasteiger partial charge in [-0.2, -0.15) is 0 Å². The molecular formula is C31H27N3O3. The number of amides is 1. The molecule has 0 atom stereocenters. The van der Waals surface area contributed by atoms with E-state index in [0.717, 1.165) is 28.0 Å². The highest BCUT2D eigenvalue weighted by Gasteiger charge is 2.14. The van der Waals surface area contributed by atoms with Crippen molar-refractivity contribution in [2.75, 3.05) is 12.4 Å². The average Bonchev–Trinajstić information content (AvgIpc) is 2.92. The van der Waals surface area contributed by atoms with E-state index in [1.165, 1.54) is 6.92 Å². The third-order valence-electron chi connectivity index (χ3n) is 6.26. The summed E-state index contributed by atoms with van der Waals surface area (Å²) in [7, 11) is 1.66. The summed E-state index contributed by atoms with van der Waals surface area (Å²) in [5, 5.41) is 3.22. The molecular weight excluding hydrogens is 462 g/mol. The van der Waals surface area contributed by atoms with Gasteiger partial charge in [0.2, 0.25) is 5.91 Å². The van der Waals surface area contributed by atoms with Crippen LogP contribution in [0.3, 0.4) is 0 Å². The Hall–Kier alpha value is -4.71. The number of nitrogens with one attached hydrogen (secondary N) is 1. The molecule has 1 aromatic heterocycles. The molecule has 0 aliphatic rings. The topological polar surface area (TPSA) is 73.2 Å². The largest absolute Gasteiger partial charge is 0.497 e. The van der Waals surface area contributed by atoms with Crippen LogP contribution < -0.4 is 15.6 Å². The Morgan fingerprint density at radius 1 is 0.865 bits per heavy atom. The van der Waals surface area contributed by atoms with Crippen LogP contribution in [0.2, 0.25) is 0 Å². The lowest BCUT2D eigenvalue weighted by Gasteiger charge is -2.15. The second-order valence-electron chi connectivity index (χ2n) is 8.92. The molecule has 4 aromatic carbocycles. The lowest BCUT2D eigenvalue weighted by Crippen LogP contribution is -2.26. The van der Waals surface area contributed by atoms with E-state index in [0.29, 0.717) is 35.4 Å². The van der Waals surface area contributed by atoms with Crippen molar-refractivity contribution in [3.05, 3.63) is 124 Å². The quantitative estimate of drug-likeness (QED) is 0.320. The van der Waals surface area contributed by atoms with Crippen molar-refractivity contribution in [3.8, 4) is 16.9 Å². The fourth-order valence-corrected chi connectivity index (χ4v) is 4.41. The van der Waals surface area contributed by atoms with Crippen LogP contribution in [-0.4, -0.2) is 22.6 Å². The molecule has 0 fully saturated rings. The number of methoxy groups -OCH3 is 1. The number of hydrogen-bond acceptors (Lipinski definition) is 4. The number of anilines is 1. The van der Waals surface area contributed by atoms with Crippen LogP contribution in [0.1, 0.15) is 23.9 Å². The summed E-state index contributed by atoms with van der Waals surface area (Å²) in [4.78, 5) is 30.2. The minimum Gasteiger partial charge on any atom is -0.497 e. The van der Waals surface area contributed by atoms with Gasteiger partial charge in [-0.25, -0.2) is 4.98 Å². The molecule has 0 aliphatic heterocycles. The van der Waals surface area contributed by atoms with E-state index in [4.69, 9.17) is 9.72 Å². The first kappa shape index (κ1) is 24.0. The van der Waals surface area contributed by atoms with E-state index in [-0.39, 0.29) is 11.5 Å². The minimum atomic E-state index is -0.190. The first-order chi connectivity index (χ1) is 18.0. The first-order valence-electron chi connectivity index (χ1n) is 12.1. The van der Waals surface area contributed by atoms with E-state index in [2.05, 4.69) is 17.4 Å². The van der Waals surface area contributed by atoms with Crippen LogP contribution in [0.25, 0.3) is 22.0 Å². The van der Waals surface area contributed by atoms with Gasteiger partial charge in [-0.3, -0.25) is 14.2 Å². The maximum absolute atomic E-state index is 13.7. The van der Waals surface area contributed by atoms with Gasteiger partial charge in [0, 0.05) is 19.0 Å². The van der Waals surface area contributed by atoms with Gasteiger partial charge in [0.05, 0.1) is 24.6 Å². The summed E-state index contributed by atoms with van der Waals surface area (Å²) in [6.07, 6.45) is 0.529. The van der Waals surface area contributed by atoms with E-state index >= 15 is 0 Å². The number of carbonyl (C=O) groups is 1. The Morgan fingerprint density at radius 3 is 2.38 bits per heavy atom. The number of rotatable bonds is 7. The molecule has 5 rings (SSSR count). The van der Waals surface area contributed by atoms with Crippen molar-refractivity contribution in [2.24, 2.45) is 0 Å². The Balaban J connectivity index is 1.54. The van der Waals surface area contributed by atoms with Gasteiger partial charge in [0.15, 0.2) is 0 Å². The predicted octanol–water partition coefficient (Wildman–Crippen LogP) is 5.67. The molecule has 1 amide bonds. The molecule has 1 N–H and O–H groups in total. The number of aromatic nitrogens is 2. The number of benzene rings is 4. The van der Waals surface area contributed by atoms with Gasteiger partial charge in [-0.15, -0.1) is 0 Å². The maximum atomic E-state index is 13.7. The minimum absolute atomic E-state index is 0.139. The zero-order valence-corrected chi connectivity index (χ0v) is 20.8. The Morgan fingerprint density at radius 2 is 1.65 bits per heavy atom. The second kappa shape index (κ2) is 10.5. The van der Waals surface area contributed by atoms with Gasteiger partial charge >= 0.3 is 0 Å². The number of carbonyl (C=O) groups excluding carboxylic acids is 1. The summed E-state index contributed by atoms with van der Waals surface area (Å²) < 4.78 is 7.08. The molecule has 5 aromatic rings. The first-order valence-corrected chi connectivity index (χ1v) is 12.1. The van der Waals surface area contributed by atoms with E-state index in [1.807, 2.05) is 66.7 Å². The van der Waals surface area contributed by atoms with Crippen molar-refractivity contribution >= 4 is 22.5 Å². The van der Waals surface area contributed by atoms with Crippen LogP contribution in [0, 0.1) is 0 Å². The van der Waals surface area contributed by atoms with Crippen LogP contribution in [0.5, 0.6) is 5.75 Å². The molecule has 1 heterocycles. The molecule has 0 aliphatic carbocycles. The summed E-state index contributed by atoms with van der Waals surface area (Å²) in [6.45, 7) is 1.82. The van der Waals surface area contributed by atoms with Crippen LogP contribution in [-0.2, 0) is 17.8 Å². The van der Waals surface area contributed by atoms with Crippen molar-refractivity contribution < 1.29 is 9.53 Å². The lowest BCUT2D eigenvalue weighted by molar-refractivity contribution is -0.114. The molecule has 0 bridgehead atoms. The molecule has 6 nitrogen and oxygen atoms in total. The van der Waals surface area contributed by atoms with E-state index in [9.17, 15) is 9.59 Å². The summed E-state index contributed by atoms with van der Waals surface area (Å²) in [5.41, 5.74) is 5.23. The smallest absolute Gasteiger partial charge is 0.261 e. The zero-order chi connectivity index (χ0) is 25.8. The van der Waals surface area contributed by atoms with Crippen LogP contribution in [0.15, 0.2) is 102 Å². The van der Waals surface area contributed by atoms with E-state index in [1.54, 1.807) is 29.9 Å². The molecule has 0 unspecified atom stereocenters. The van der Waals surface area contributed by atoms with Crippen molar-refractivity contribution in [1.29, 1.82) is 0 Å². The fraction of sp³-hybridized carbons (Fsp3) is 0.129. The number of ether oxygens (including phenoxy) is 1. The Kier molecular flexibility index (Phi) is 6.81. The number of nitrogens with zero attached hydrogens (tertiary/aromatic N) is 2. The van der Waals surface area contributed by atoms with Gasteiger partial charge in [-0.05, 0) is 52.6 Å². The highest BCUT2D eigenvalue weighted by Crippen LogP contribution is 2.24. The van der Waals surface area contributed by atoms with Crippen molar-refractivity contribution in [1.82, 2.24) is 9.55 Å². The molecule has 0 spiro atoms. The average molecular weight is 490 g/mol. The second-order valence-corrected chi connectivity index (χ2v) is 8.92. The van der Waals surface area contributed by atoms with Crippen molar-refractivity contribution in [3.63, 3.8) is 0 Å². The Bertz CT molecular complexity index is 1620. The molecule has 184 valence electrons. The van der Waals surface area contributed by atoms with Gasteiger partial charge in [0.1, 0.15) is 11.6 Å². The van der Waals surface area contributed by atoms with Crippen LogP contribution >= 0.6 is 0 Å². The molecule has 0 saturated heterocycles. The molecule has 6 heteroatoms. The lowest BCUT2D eigenvalue weighted by atomic mass is 10.0. The number of hydrogen-bond donors (Lipinski definition) is 1. The third kappa shape index (κ3) is 5.43. The van der Waals surface area contributed by atoms with E-state index < -0.39 is 0 Å². The molecule has 0 saturated carbocycles. The molecule has 37 heavy (non-hydrogen) atoms. The monoisotopic (exact) mass is 489 g/mol. The fourth-order valence-electron chi connectivity index (χ4n) is 4.41. The highest BCUT2D eigenvalue weighted by molar-refractivity contribution is 5.92. The van der Waals surface area contributed by atoms with Crippen LogP contribution in [0.4, 0.5) is 5.69 Å². The summed E-state index contributed by atoms with van der Waals surface area (Å²) in [6, 6.07) is 31.3. The maximum Gasteiger partial charge on any atom is 0.261 e. The summed E-state index contributed by atoms with van der Waals surface area (Å²) >= 11 is 0. The van der Waals surface area contributed by atoms with Gasteiger partial charge in [0.25, 0.3) is 5.56 Å². The highest BCUT2D eigenvalue weighted by atomic mass is 16.5. The normalized spacial score (nSPS) is 10.9. The Labute approximate surface area is 215 Å². The van der Waals surface area contributed by atoms with Crippen molar-refractivity contribution in [2.45, 2.75) is 19.9 Å². The van der Waals surface area contributed by atoms with Gasteiger partial charge in [-0.1, -0.05) is 66.7 Å². The molecule has 0 radical (unpaired) electrons. The summed E-state index contributed by atoms with van der Waals surface area (Å²) in [5.74, 6) is 1.30. The van der Waals surface area contributed by atoms with Gasteiger partial charge < -0.3 is 10.1 Å². The predicted molar refractivity (Wildman–Crippen MR) is 147 cm³/mol. The SMILES string of the molecule is COc1cccc(-c2ccc(Cn3c(Cc4ccccc4)nc4ccc(NC(C)=O)cc4c3=O)cc2)c1. The third-order valence-corrected chi connectivity index (χ3v) is 6.26.